The minimum atomic E-state index is -0.101. The Morgan fingerprint density at radius 1 is 1.07 bits per heavy atom. The van der Waals surface area contributed by atoms with E-state index in [9.17, 15) is 4.79 Å². The fraction of sp³-hybridized carbons (Fsp3) is 0.409. The molecule has 1 saturated heterocycles. The molecular weight excluding hydrogens is 354 g/mol. The van der Waals surface area contributed by atoms with E-state index in [0.29, 0.717) is 13.1 Å². The van der Waals surface area contributed by atoms with Crippen molar-refractivity contribution >= 4 is 17.4 Å². The molecule has 28 heavy (non-hydrogen) atoms. The number of nitrogens with one attached hydrogen (secondary N) is 1. The number of fused-ring (bicyclic) bond motifs is 1. The van der Waals surface area contributed by atoms with Gasteiger partial charge in [-0.05, 0) is 62.1 Å². The number of rotatable bonds is 5. The van der Waals surface area contributed by atoms with Gasteiger partial charge >= 0.3 is 6.03 Å². The van der Waals surface area contributed by atoms with Gasteiger partial charge in [0.25, 0.3) is 0 Å². The second-order valence-electron chi connectivity index (χ2n) is 7.23. The van der Waals surface area contributed by atoms with Gasteiger partial charge in [-0.1, -0.05) is 12.1 Å². The fourth-order valence-electron chi connectivity index (χ4n) is 3.72. The molecule has 0 aliphatic carbocycles. The average molecular weight is 381 g/mol. The summed E-state index contributed by atoms with van der Waals surface area (Å²) in [5.41, 5.74) is 3.02. The second kappa shape index (κ2) is 8.42. The number of nitrogens with zero attached hydrogens (tertiary/aromatic N) is 2. The van der Waals surface area contributed by atoms with Crippen molar-refractivity contribution < 1.29 is 14.3 Å². The lowest BCUT2D eigenvalue weighted by atomic mass is 10.1. The van der Waals surface area contributed by atoms with Crippen LogP contribution in [0.5, 0.6) is 11.5 Å². The molecule has 1 fully saturated rings. The molecule has 0 atom stereocenters. The summed E-state index contributed by atoms with van der Waals surface area (Å²) in [6.07, 6.45) is 3.77. The highest BCUT2D eigenvalue weighted by Crippen LogP contribution is 2.33. The van der Waals surface area contributed by atoms with Gasteiger partial charge in [-0.25, -0.2) is 4.79 Å². The molecule has 0 saturated carbocycles. The largest absolute Gasteiger partial charge is 0.454 e. The van der Waals surface area contributed by atoms with Crippen molar-refractivity contribution in [2.45, 2.75) is 32.7 Å². The van der Waals surface area contributed by atoms with E-state index >= 15 is 0 Å². The quantitative estimate of drug-likeness (QED) is 0.831. The minimum Gasteiger partial charge on any atom is -0.454 e. The molecule has 1 N–H and O–H groups in total. The highest BCUT2D eigenvalue weighted by Gasteiger charge is 2.17. The van der Waals surface area contributed by atoms with Crippen molar-refractivity contribution in [3.8, 4) is 11.5 Å². The molecule has 2 heterocycles. The maximum absolute atomic E-state index is 12.8. The smallest absolute Gasteiger partial charge is 0.322 e. The van der Waals surface area contributed by atoms with E-state index < -0.39 is 0 Å². The molecule has 6 heteroatoms. The second-order valence-corrected chi connectivity index (χ2v) is 7.23. The molecule has 2 amide bonds. The van der Waals surface area contributed by atoms with Crippen LogP contribution in [-0.4, -0.2) is 37.4 Å². The van der Waals surface area contributed by atoms with Crippen molar-refractivity contribution in [3.05, 3.63) is 48.0 Å². The molecule has 0 unspecified atom stereocenters. The lowest BCUT2D eigenvalue weighted by Crippen LogP contribution is -2.34. The van der Waals surface area contributed by atoms with Gasteiger partial charge in [0.05, 0.1) is 0 Å². The van der Waals surface area contributed by atoms with Gasteiger partial charge in [0.15, 0.2) is 11.5 Å². The number of ether oxygens (including phenoxy) is 2. The highest BCUT2D eigenvalue weighted by atomic mass is 16.7. The van der Waals surface area contributed by atoms with Crippen LogP contribution < -0.4 is 19.7 Å². The summed E-state index contributed by atoms with van der Waals surface area (Å²) in [7, 11) is 0. The van der Waals surface area contributed by atoms with E-state index in [1.807, 2.05) is 37.3 Å². The van der Waals surface area contributed by atoms with Gasteiger partial charge in [-0.15, -0.1) is 0 Å². The van der Waals surface area contributed by atoms with Crippen molar-refractivity contribution in [2.24, 2.45) is 0 Å². The number of amides is 2. The van der Waals surface area contributed by atoms with Gasteiger partial charge in [-0.3, -0.25) is 0 Å². The molecule has 2 aromatic rings. The summed E-state index contributed by atoms with van der Waals surface area (Å²) in [5, 5.41) is 3.05. The summed E-state index contributed by atoms with van der Waals surface area (Å²) >= 11 is 0. The maximum Gasteiger partial charge on any atom is 0.322 e. The zero-order valence-corrected chi connectivity index (χ0v) is 16.3. The highest BCUT2D eigenvalue weighted by molar-refractivity contribution is 5.90. The third-order valence-corrected chi connectivity index (χ3v) is 5.30. The number of piperidine rings is 1. The van der Waals surface area contributed by atoms with Gasteiger partial charge in [-0.2, -0.15) is 0 Å². The number of benzene rings is 2. The van der Waals surface area contributed by atoms with Gasteiger partial charge in [0.1, 0.15) is 0 Å². The third-order valence-electron chi connectivity index (χ3n) is 5.30. The molecule has 0 aromatic heterocycles. The first kappa shape index (κ1) is 18.5. The topological polar surface area (TPSA) is 54.0 Å². The molecule has 0 spiro atoms. The molecule has 4 rings (SSSR count). The zero-order valence-electron chi connectivity index (χ0n) is 16.3. The van der Waals surface area contributed by atoms with E-state index in [1.54, 1.807) is 4.90 Å². The Balaban J connectivity index is 1.41. The summed E-state index contributed by atoms with van der Waals surface area (Å²) < 4.78 is 10.8. The van der Waals surface area contributed by atoms with E-state index in [4.69, 9.17) is 9.47 Å². The first-order valence-electron chi connectivity index (χ1n) is 10.0. The van der Waals surface area contributed by atoms with Gasteiger partial charge in [0, 0.05) is 37.6 Å². The SMILES string of the molecule is CCN(Cc1ccc2c(c1)OCO2)C(=O)Nc1cccc(N2CCCCC2)c1. The number of hydrogen-bond acceptors (Lipinski definition) is 4. The maximum atomic E-state index is 12.8. The Morgan fingerprint density at radius 2 is 1.89 bits per heavy atom. The summed E-state index contributed by atoms with van der Waals surface area (Å²) in [4.78, 5) is 17.0. The first-order chi connectivity index (χ1) is 13.7. The third kappa shape index (κ3) is 4.16. The molecule has 148 valence electrons. The number of carbonyl (C=O) groups is 1. The van der Waals surface area contributed by atoms with Crippen molar-refractivity contribution in [1.29, 1.82) is 0 Å². The van der Waals surface area contributed by atoms with E-state index in [2.05, 4.69) is 22.3 Å². The van der Waals surface area contributed by atoms with Crippen LogP contribution in [0.15, 0.2) is 42.5 Å². The summed E-state index contributed by atoms with van der Waals surface area (Å²) in [6.45, 7) is 5.54. The van der Waals surface area contributed by atoms with E-state index in [0.717, 1.165) is 35.8 Å². The Bertz CT molecular complexity index is 834. The molecule has 0 radical (unpaired) electrons. The molecule has 0 bridgehead atoms. The molecular formula is C22H27N3O3. The molecule has 6 nitrogen and oxygen atoms in total. The van der Waals surface area contributed by atoms with Crippen LogP contribution in [-0.2, 0) is 6.54 Å². The fourth-order valence-corrected chi connectivity index (χ4v) is 3.72. The van der Waals surface area contributed by atoms with Crippen LogP contribution >= 0.6 is 0 Å². The van der Waals surface area contributed by atoms with Crippen LogP contribution in [0.3, 0.4) is 0 Å². The molecule has 2 aromatic carbocycles. The van der Waals surface area contributed by atoms with Crippen LogP contribution in [0.1, 0.15) is 31.7 Å². The van der Waals surface area contributed by atoms with Crippen molar-refractivity contribution in [3.63, 3.8) is 0 Å². The normalized spacial score (nSPS) is 15.4. The Hall–Kier alpha value is -2.89. The number of hydrogen-bond donors (Lipinski definition) is 1. The van der Waals surface area contributed by atoms with Gasteiger partial charge in [0.2, 0.25) is 6.79 Å². The van der Waals surface area contributed by atoms with Crippen molar-refractivity contribution in [1.82, 2.24) is 4.90 Å². The van der Waals surface area contributed by atoms with Crippen LogP contribution in [0, 0.1) is 0 Å². The van der Waals surface area contributed by atoms with Crippen LogP contribution in [0.25, 0.3) is 0 Å². The minimum absolute atomic E-state index is 0.101. The van der Waals surface area contributed by atoms with Crippen LogP contribution in [0.2, 0.25) is 0 Å². The van der Waals surface area contributed by atoms with Gasteiger partial charge < -0.3 is 24.6 Å². The monoisotopic (exact) mass is 381 g/mol. The van der Waals surface area contributed by atoms with E-state index in [1.165, 1.54) is 24.9 Å². The Morgan fingerprint density at radius 3 is 2.71 bits per heavy atom. The number of anilines is 2. The zero-order chi connectivity index (χ0) is 19.3. The van der Waals surface area contributed by atoms with Crippen LogP contribution in [0.4, 0.5) is 16.2 Å². The summed E-state index contributed by atoms with van der Waals surface area (Å²) in [5.74, 6) is 1.49. The number of urea groups is 1. The first-order valence-corrected chi connectivity index (χ1v) is 10.0. The Kier molecular flexibility index (Phi) is 5.55. The predicted molar refractivity (Wildman–Crippen MR) is 110 cm³/mol. The molecule has 2 aliphatic heterocycles. The lowest BCUT2D eigenvalue weighted by molar-refractivity contribution is 0.174. The van der Waals surface area contributed by atoms with Crippen molar-refractivity contribution in [2.75, 3.05) is 36.6 Å². The van der Waals surface area contributed by atoms with E-state index in [-0.39, 0.29) is 12.8 Å². The lowest BCUT2D eigenvalue weighted by Gasteiger charge is -2.29. The Labute approximate surface area is 166 Å². The average Bonchev–Trinajstić information content (AvgIpc) is 3.20. The number of carbonyl (C=O) groups excluding carboxylic acids is 1. The molecule has 2 aliphatic rings. The predicted octanol–water partition coefficient (Wildman–Crippen LogP) is 4.46. The standard InChI is InChI=1S/C22H27N3O3/c1-2-24(15-17-9-10-20-21(13-17)28-16-27-20)22(26)23-18-7-6-8-19(14-18)25-11-4-3-5-12-25/h6-10,13-14H,2-5,11-12,15-16H2,1H3,(H,23,26). The summed E-state index contributed by atoms with van der Waals surface area (Å²) in [6, 6.07) is 13.8.